The number of nitrogens with zero attached hydrogens (tertiary/aromatic N) is 2. The summed E-state index contributed by atoms with van der Waals surface area (Å²) in [5.74, 6) is 0.471. The van der Waals surface area contributed by atoms with Crippen LogP contribution in [0.1, 0.15) is 27.8 Å². The van der Waals surface area contributed by atoms with Gasteiger partial charge < -0.3 is 10.1 Å². The Morgan fingerprint density at radius 1 is 0.944 bits per heavy atom. The Kier molecular flexibility index (Phi) is 7.60. The van der Waals surface area contributed by atoms with Crippen molar-refractivity contribution in [1.82, 2.24) is 0 Å². The molecule has 0 unspecified atom stereocenters. The first kappa shape index (κ1) is 25.3. The molecule has 0 aliphatic carbocycles. The summed E-state index contributed by atoms with van der Waals surface area (Å²) >= 11 is 1.24. The smallest absolute Gasteiger partial charge is 0.283 e. The highest BCUT2D eigenvalue weighted by Gasteiger charge is 2.32. The lowest BCUT2D eigenvalue weighted by Gasteiger charge is -2.19. The number of hydrogen-bond donors (Lipinski definition) is 1. The fourth-order valence-electron chi connectivity index (χ4n) is 4.13. The number of carbonyl (C=O) groups excluding carboxylic acids is 2. The maximum absolute atomic E-state index is 13.5. The van der Waals surface area contributed by atoms with Gasteiger partial charge in [0.05, 0.1) is 18.6 Å². The van der Waals surface area contributed by atoms with Crippen LogP contribution in [0.3, 0.4) is 0 Å². The summed E-state index contributed by atoms with van der Waals surface area (Å²) in [6.45, 7) is 7.97. The van der Waals surface area contributed by atoms with Gasteiger partial charge in [0.15, 0.2) is 5.17 Å². The van der Waals surface area contributed by atoms with Crippen LogP contribution >= 0.6 is 11.8 Å². The molecule has 7 heteroatoms. The fraction of sp³-hybridized carbons (Fsp3) is 0.207. The molecule has 0 saturated heterocycles. The Labute approximate surface area is 216 Å². The molecule has 0 saturated carbocycles. The van der Waals surface area contributed by atoms with Crippen molar-refractivity contribution >= 4 is 46.2 Å². The Hall–Kier alpha value is -3.84. The Morgan fingerprint density at radius 3 is 2.11 bits per heavy atom. The van der Waals surface area contributed by atoms with E-state index in [9.17, 15) is 9.59 Å². The van der Waals surface area contributed by atoms with Crippen molar-refractivity contribution in [3.05, 3.63) is 94.2 Å². The van der Waals surface area contributed by atoms with Crippen molar-refractivity contribution in [2.75, 3.05) is 23.1 Å². The fourth-order valence-corrected chi connectivity index (χ4v) is 4.95. The molecule has 1 N–H and O–H groups in total. The number of benzene rings is 3. The molecule has 0 radical (unpaired) electrons. The molecule has 4 rings (SSSR count). The van der Waals surface area contributed by atoms with Crippen LogP contribution in [0.5, 0.6) is 5.75 Å². The lowest BCUT2D eigenvalue weighted by atomic mass is 10.1. The maximum atomic E-state index is 13.5. The number of rotatable bonds is 6. The largest absolute Gasteiger partial charge is 0.497 e. The quantitative estimate of drug-likeness (QED) is 0.420. The molecule has 3 aromatic carbocycles. The summed E-state index contributed by atoms with van der Waals surface area (Å²) in [6, 6.07) is 19.3. The molecular formula is C29H29N3O3S. The van der Waals surface area contributed by atoms with Crippen LogP contribution in [0.4, 0.5) is 11.4 Å². The average molecular weight is 500 g/mol. The number of amides is 2. The molecule has 0 spiro atoms. The predicted molar refractivity (Wildman–Crippen MR) is 149 cm³/mol. The predicted octanol–water partition coefficient (Wildman–Crippen LogP) is 6.04. The number of amidine groups is 1. The van der Waals surface area contributed by atoms with Crippen molar-refractivity contribution in [2.24, 2.45) is 4.99 Å². The second kappa shape index (κ2) is 10.8. The van der Waals surface area contributed by atoms with Crippen molar-refractivity contribution in [1.29, 1.82) is 0 Å². The third kappa shape index (κ3) is 6.04. The van der Waals surface area contributed by atoms with Gasteiger partial charge in [-0.3, -0.25) is 14.5 Å². The average Bonchev–Trinajstić information content (AvgIpc) is 3.11. The number of ether oxygens (including phenoxy) is 1. The molecule has 184 valence electrons. The first-order valence-corrected chi connectivity index (χ1v) is 12.6. The van der Waals surface area contributed by atoms with E-state index in [1.165, 1.54) is 11.8 Å². The number of aliphatic imine (C=N–C) groups is 1. The highest BCUT2D eigenvalue weighted by atomic mass is 32.2. The zero-order chi connectivity index (χ0) is 25.8. The molecule has 36 heavy (non-hydrogen) atoms. The number of nitrogens with one attached hydrogen (secondary N) is 1. The summed E-state index contributed by atoms with van der Waals surface area (Å²) < 4.78 is 5.22. The van der Waals surface area contributed by atoms with Crippen molar-refractivity contribution < 1.29 is 14.3 Å². The van der Waals surface area contributed by atoms with E-state index in [-0.39, 0.29) is 17.6 Å². The summed E-state index contributed by atoms with van der Waals surface area (Å²) in [6.07, 6.45) is 1.75. The Bertz CT molecular complexity index is 1340. The van der Waals surface area contributed by atoms with Crippen LogP contribution in [0.15, 0.2) is 71.4 Å². The second-order valence-electron chi connectivity index (χ2n) is 8.90. The third-order valence-corrected chi connectivity index (χ3v) is 6.49. The molecule has 6 nitrogen and oxygen atoms in total. The summed E-state index contributed by atoms with van der Waals surface area (Å²) in [5, 5.41) is 3.42. The summed E-state index contributed by atoms with van der Waals surface area (Å²) in [5.41, 5.74) is 6.89. The molecule has 0 atom stereocenters. The second-order valence-corrected chi connectivity index (χ2v) is 9.84. The molecule has 1 aliphatic heterocycles. The minimum atomic E-state index is -0.229. The zero-order valence-electron chi connectivity index (χ0n) is 21.1. The lowest BCUT2D eigenvalue weighted by Crippen LogP contribution is -2.31. The standard InChI is InChI=1S/C29H29N3O3S/c1-18-10-19(2)13-23(12-18)30-27(33)17-36-29-31-26(16-22-6-8-25(35-5)9-7-22)28(34)32(29)24-14-20(3)11-21(4)15-24/h6-16H,17H2,1-5H3,(H,30,33)/b26-16-. The van der Waals surface area contributed by atoms with Crippen LogP contribution in [0.25, 0.3) is 6.08 Å². The van der Waals surface area contributed by atoms with Crippen LogP contribution in [0.2, 0.25) is 0 Å². The number of thioether (sulfide) groups is 1. The minimum Gasteiger partial charge on any atom is -0.497 e. The molecule has 3 aromatic rings. The van der Waals surface area contributed by atoms with Gasteiger partial charge in [0.2, 0.25) is 5.91 Å². The van der Waals surface area contributed by atoms with Gasteiger partial charge in [0, 0.05) is 5.69 Å². The Balaban J connectivity index is 1.59. The highest BCUT2D eigenvalue weighted by molar-refractivity contribution is 8.14. The lowest BCUT2D eigenvalue weighted by molar-refractivity contribution is -0.114. The van der Waals surface area contributed by atoms with Crippen molar-refractivity contribution in [3.8, 4) is 5.75 Å². The van der Waals surface area contributed by atoms with Gasteiger partial charge in [-0.25, -0.2) is 4.99 Å². The van der Waals surface area contributed by atoms with E-state index >= 15 is 0 Å². The van der Waals surface area contributed by atoms with Gasteiger partial charge in [0.1, 0.15) is 11.4 Å². The summed E-state index contributed by atoms with van der Waals surface area (Å²) in [7, 11) is 1.61. The number of aryl methyl sites for hydroxylation is 4. The first-order valence-electron chi connectivity index (χ1n) is 11.6. The monoisotopic (exact) mass is 499 g/mol. The van der Waals surface area contributed by atoms with Crippen LogP contribution in [0, 0.1) is 27.7 Å². The molecule has 0 aromatic heterocycles. The molecule has 0 bridgehead atoms. The van der Waals surface area contributed by atoms with Crippen LogP contribution in [-0.2, 0) is 9.59 Å². The number of carbonyl (C=O) groups is 2. The van der Waals surface area contributed by atoms with Crippen molar-refractivity contribution in [3.63, 3.8) is 0 Å². The molecule has 0 fully saturated rings. The molecular weight excluding hydrogens is 470 g/mol. The molecule has 1 heterocycles. The van der Waals surface area contributed by atoms with E-state index in [2.05, 4.69) is 22.4 Å². The number of hydrogen-bond acceptors (Lipinski definition) is 5. The Morgan fingerprint density at radius 2 is 1.53 bits per heavy atom. The van der Waals surface area contributed by atoms with E-state index in [0.717, 1.165) is 44.9 Å². The molecule has 1 aliphatic rings. The minimum absolute atomic E-state index is 0.121. The van der Waals surface area contributed by atoms with Crippen LogP contribution in [-0.4, -0.2) is 29.8 Å². The summed E-state index contributed by atoms with van der Waals surface area (Å²) in [4.78, 5) is 32.4. The van der Waals surface area contributed by atoms with Gasteiger partial charge >= 0.3 is 0 Å². The normalized spacial score (nSPS) is 14.2. The van der Waals surface area contributed by atoms with E-state index in [1.54, 1.807) is 18.1 Å². The van der Waals surface area contributed by atoms with E-state index in [0.29, 0.717) is 10.9 Å². The topological polar surface area (TPSA) is 71.0 Å². The zero-order valence-corrected chi connectivity index (χ0v) is 21.9. The van der Waals surface area contributed by atoms with Gasteiger partial charge in [-0.15, -0.1) is 0 Å². The van der Waals surface area contributed by atoms with E-state index in [4.69, 9.17) is 4.74 Å². The molecule has 2 amide bonds. The number of anilines is 2. The SMILES string of the molecule is COc1ccc(/C=C2\N=C(SCC(=O)Nc3cc(C)cc(C)c3)N(c3cc(C)cc(C)c3)C2=O)cc1. The first-order chi connectivity index (χ1) is 17.2. The van der Waals surface area contributed by atoms with E-state index < -0.39 is 0 Å². The van der Waals surface area contributed by atoms with Gasteiger partial charge in [-0.1, -0.05) is 36.0 Å². The van der Waals surface area contributed by atoms with Crippen molar-refractivity contribution in [2.45, 2.75) is 27.7 Å². The van der Waals surface area contributed by atoms with Gasteiger partial charge in [-0.05, 0) is 98.0 Å². The number of methoxy groups -OCH3 is 1. The highest BCUT2D eigenvalue weighted by Crippen LogP contribution is 2.31. The van der Waals surface area contributed by atoms with Gasteiger partial charge in [-0.2, -0.15) is 0 Å². The maximum Gasteiger partial charge on any atom is 0.283 e. The van der Waals surface area contributed by atoms with E-state index in [1.807, 2.05) is 76.2 Å². The third-order valence-electron chi connectivity index (χ3n) is 5.55. The van der Waals surface area contributed by atoms with Crippen LogP contribution < -0.4 is 15.0 Å². The van der Waals surface area contributed by atoms with Gasteiger partial charge in [0.25, 0.3) is 5.91 Å².